The van der Waals surface area contributed by atoms with E-state index in [-0.39, 0.29) is 48.9 Å². The third-order valence-electron chi connectivity index (χ3n) is 2.85. The van der Waals surface area contributed by atoms with Gasteiger partial charge in [-0.1, -0.05) is 23.2 Å². The van der Waals surface area contributed by atoms with Crippen molar-refractivity contribution in [1.29, 1.82) is 0 Å². The first kappa shape index (κ1) is 12.1. The lowest BCUT2D eigenvalue weighted by Crippen LogP contribution is -2.02. The van der Waals surface area contributed by atoms with Crippen LogP contribution in [0.15, 0.2) is 33.5 Å². The average molecular weight is 297 g/mol. The first-order valence-corrected chi connectivity index (χ1v) is 6.01. The summed E-state index contributed by atoms with van der Waals surface area (Å²) in [7, 11) is 0. The average Bonchev–Trinajstić information content (AvgIpc) is 2.39. The molecule has 0 aliphatic heterocycles. The van der Waals surface area contributed by atoms with Gasteiger partial charge in [0, 0.05) is 0 Å². The van der Waals surface area contributed by atoms with E-state index in [1.54, 1.807) is 0 Å². The van der Waals surface area contributed by atoms with Crippen molar-refractivity contribution in [3.05, 3.63) is 44.5 Å². The van der Waals surface area contributed by atoms with Crippen LogP contribution >= 0.6 is 23.2 Å². The van der Waals surface area contributed by atoms with E-state index < -0.39 is 0 Å². The highest BCUT2D eigenvalue weighted by atomic mass is 35.5. The van der Waals surface area contributed by atoms with Gasteiger partial charge in [-0.05, 0) is 24.3 Å². The van der Waals surface area contributed by atoms with Gasteiger partial charge in [-0.25, -0.2) is 0 Å². The quantitative estimate of drug-likeness (QED) is 0.621. The Bertz CT molecular complexity index is 814. The summed E-state index contributed by atoms with van der Waals surface area (Å²) in [6.07, 6.45) is 0. The van der Waals surface area contributed by atoms with E-state index in [9.17, 15) is 15.0 Å². The Hall–Kier alpha value is -1.91. The second-order valence-corrected chi connectivity index (χ2v) is 4.74. The van der Waals surface area contributed by atoms with Gasteiger partial charge >= 0.3 is 0 Å². The molecule has 0 amide bonds. The minimum absolute atomic E-state index is 0.0340. The van der Waals surface area contributed by atoms with Crippen LogP contribution in [0.4, 0.5) is 0 Å². The van der Waals surface area contributed by atoms with Gasteiger partial charge in [0.25, 0.3) is 0 Å². The first-order valence-electron chi connectivity index (χ1n) is 5.26. The lowest BCUT2D eigenvalue weighted by molar-refractivity contribution is 0.474. The maximum absolute atomic E-state index is 12.3. The van der Waals surface area contributed by atoms with Crippen LogP contribution in [-0.4, -0.2) is 10.2 Å². The second-order valence-electron chi connectivity index (χ2n) is 3.98. The van der Waals surface area contributed by atoms with Crippen LogP contribution in [-0.2, 0) is 0 Å². The van der Waals surface area contributed by atoms with Gasteiger partial charge in [-0.15, -0.1) is 0 Å². The standard InChI is InChI=1S/C13H6Cl2O4/c14-9-7(16)3-1-5-11(18)6-2-4-8(17)10(15)13(6)19-12(5)9/h1-4,16-17H. The topological polar surface area (TPSA) is 70.7 Å². The predicted octanol–water partition coefficient (Wildman–Crippen LogP) is 3.66. The minimum atomic E-state index is -0.333. The van der Waals surface area contributed by atoms with Crippen molar-refractivity contribution in [2.45, 2.75) is 0 Å². The van der Waals surface area contributed by atoms with Crippen LogP contribution in [0.1, 0.15) is 0 Å². The number of benzene rings is 2. The molecule has 0 saturated carbocycles. The molecule has 19 heavy (non-hydrogen) atoms. The zero-order chi connectivity index (χ0) is 13.7. The Morgan fingerprint density at radius 1 is 0.842 bits per heavy atom. The molecule has 0 aliphatic carbocycles. The number of phenolic OH excluding ortho intramolecular Hbond substituents is 2. The molecule has 3 rings (SSSR count). The molecule has 4 nitrogen and oxygen atoms in total. The van der Waals surface area contributed by atoms with E-state index in [0.29, 0.717) is 0 Å². The molecule has 0 bridgehead atoms. The summed E-state index contributed by atoms with van der Waals surface area (Å²) >= 11 is 11.8. The third-order valence-corrected chi connectivity index (χ3v) is 3.58. The largest absolute Gasteiger partial charge is 0.506 e. The van der Waals surface area contributed by atoms with Crippen molar-refractivity contribution in [2.75, 3.05) is 0 Å². The Balaban J connectivity index is 2.65. The zero-order valence-electron chi connectivity index (χ0n) is 9.28. The van der Waals surface area contributed by atoms with E-state index >= 15 is 0 Å². The lowest BCUT2D eigenvalue weighted by atomic mass is 10.1. The molecular weight excluding hydrogens is 291 g/mol. The Morgan fingerprint density at radius 2 is 1.26 bits per heavy atom. The number of phenols is 2. The number of halogens is 2. The van der Waals surface area contributed by atoms with Crippen molar-refractivity contribution in [2.24, 2.45) is 0 Å². The number of fused-ring (bicyclic) bond motifs is 2. The summed E-state index contributed by atoms with van der Waals surface area (Å²) in [4.78, 5) is 12.3. The summed E-state index contributed by atoms with van der Waals surface area (Å²) < 4.78 is 5.47. The van der Waals surface area contributed by atoms with Crippen molar-refractivity contribution < 1.29 is 14.6 Å². The predicted molar refractivity (Wildman–Crippen MR) is 73.3 cm³/mol. The van der Waals surface area contributed by atoms with Gasteiger partial charge in [0.1, 0.15) is 21.5 Å². The van der Waals surface area contributed by atoms with Gasteiger partial charge in [-0.3, -0.25) is 4.79 Å². The Labute approximate surface area is 116 Å². The molecule has 6 heteroatoms. The maximum atomic E-state index is 12.3. The van der Waals surface area contributed by atoms with Crippen LogP contribution in [0.25, 0.3) is 21.9 Å². The van der Waals surface area contributed by atoms with Crippen LogP contribution < -0.4 is 5.43 Å². The lowest BCUT2D eigenvalue weighted by Gasteiger charge is -2.06. The summed E-state index contributed by atoms with van der Waals surface area (Å²) in [5, 5.41) is 19.4. The third kappa shape index (κ3) is 1.64. The molecule has 0 aliphatic rings. The van der Waals surface area contributed by atoms with E-state index in [1.165, 1.54) is 24.3 Å². The molecule has 0 saturated heterocycles. The second kappa shape index (κ2) is 4.05. The number of hydrogen-bond donors (Lipinski definition) is 2. The normalized spacial score (nSPS) is 11.3. The van der Waals surface area contributed by atoms with Crippen LogP contribution in [0.5, 0.6) is 11.5 Å². The van der Waals surface area contributed by atoms with E-state index in [1.807, 2.05) is 0 Å². The Kier molecular flexibility index (Phi) is 2.59. The van der Waals surface area contributed by atoms with Gasteiger partial charge in [0.2, 0.25) is 5.43 Å². The van der Waals surface area contributed by atoms with Crippen LogP contribution in [0.2, 0.25) is 10.0 Å². The summed E-state index contributed by atoms with van der Waals surface area (Å²) in [5.41, 5.74) is -0.265. The highest BCUT2D eigenvalue weighted by Gasteiger charge is 2.16. The summed E-state index contributed by atoms with van der Waals surface area (Å²) in [5.74, 6) is -0.402. The zero-order valence-corrected chi connectivity index (χ0v) is 10.8. The maximum Gasteiger partial charge on any atom is 0.200 e. The van der Waals surface area contributed by atoms with Crippen LogP contribution in [0.3, 0.4) is 0 Å². The smallest absolute Gasteiger partial charge is 0.200 e. The van der Waals surface area contributed by atoms with Gasteiger partial charge in [0.15, 0.2) is 11.2 Å². The summed E-state index contributed by atoms with van der Waals surface area (Å²) in [6, 6.07) is 5.47. The fraction of sp³-hybridized carbons (Fsp3) is 0. The summed E-state index contributed by atoms with van der Waals surface area (Å²) in [6.45, 7) is 0. The molecule has 0 unspecified atom stereocenters. The number of rotatable bonds is 0. The SMILES string of the molecule is O=c1c2ccc(O)c(Cl)c2oc2c(Cl)c(O)ccc12. The molecule has 0 radical (unpaired) electrons. The van der Waals surface area contributed by atoms with Gasteiger partial charge < -0.3 is 14.6 Å². The molecule has 0 atom stereocenters. The fourth-order valence-electron chi connectivity index (χ4n) is 1.90. The molecule has 96 valence electrons. The van der Waals surface area contributed by atoms with Crippen molar-refractivity contribution >= 4 is 45.1 Å². The molecule has 3 aromatic rings. The molecule has 1 heterocycles. The van der Waals surface area contributed by atoms with Crippen molar-refractivity contribution in [3.63, 3.8) is 0 Å². The molecule has 0 spiro atoms. The Morgan fingerprint density at radius 3 is 1.68 bits per heavy atom. The molecule has 2 N–H and O–H groups in total. The monoisotopic (exact) mass is 296 g/mol. The molecule has 1 aromatic heterocycles. The number of hydrogen-bond acceptors (Lipinski definition) is 4. The van der Waals surface area contributed by atoms with Crippen LogP contribution in [0, 0.1) is 0 Å². The van der Waals surface area contributed by atoms with E-state index in [4.69, 9.17) is 27.6 Å². The highest BCUT2D eigenvalue weighted by Crippen LogP contribution is 2.36. The van der Waals surface area contributed by atoms with E-state index in [0.717, 1.165) is 0 Å². The molecule has 2 aromatic carbocycles. The highest BCUT2D eigenvalue weighted by molar-refractivity contribution is 6.37. The fourth-order valence-corrected chi connectivity index (χ4v) is 2.30. The first-order chi connectivity index (χ1) is 9.00. The minimum Gasteiger partial charge on any atom is -0.506 e. The molecular formula is C13H6Cl2O4. The number of aromatic hydroxyl groups is 2. The van der Waals surface area contributed by atoms with Crippen molar-refractivity contribution in [1.82, 2.24) is 0 Å². The van der Waals surface area contributed by atoms with E-state index in [2.05, 4.69) is 0 Å². The van der Waals surface area contributed by atoms with Gasteiger partial charge in [0.05, 0.1) is 10.8 Å². The molecule has 0 fully saturated rings. The van der Waals surface area contributed by atoms with Crippen molar-refractivity contribution in [3.8, 4) is 11.5 Å². The van der Waals surface area contributed by atoms with Gasteiger partial charge in [-0.2, -0.15) is 0 Å².